The molecule has 0 radical (unpaired) electrons. The summed E-state index contributed by atoms with van der Waals surface area (Å²) in [5.41, 5.74) is -6.27. The maximum Gasteiger partial charge on any atom is 0.515 e. The van der Waals surface area contributed by atoms with Crippen molar-refractivity contribution in [3.8, 4) is 0 Å². The molecule has 0 heterocycles. The van der Waals surface area contributed by atoms with Crippen LogP contribution in [0.1, 0.15) is 0 Å². The predicted octanol–water partition coefficient (Wildman–Crippen LogP) is 0.725. The lowest BCUT2D eigenvalue weighted by atomic mass is 10.6. The van der Waals surface area contributed by atoms with E-state index in [0.717, 1.165) is 0 Å². The summed E-state index contributed by atoms with van der Waals surface area (Å²) in [6.45, 7) is 0. The van der Waals surface area contributed by atoms with Gasteiger partial charge in [-0.3, -0.25) is 9.26 Å². The minimum Gasteiger partial charge on any atom is -0.742 e. The van der Waals surface area contributed by atoms with E-state index in [4.69, 9.17) is 0 Å². The molecule has 0 fully saturated rings. The number of carbonyl (C=O) groups is 1. The van der Waals surface area contributed by atoms with Crippen molar-refractivity contribution in [3.05, 3.63) is 5.21 Å². The van der Waals surface area contributed by atoms with E-state index >= 15 is 0 Å². The molecule has 0 saturated carbocycles. The zero-order valence-corrected chi connectivity index (χ0v) is 7.07. The highest BCUT2D eigenvalue weighted by Gasteiger charge is 2.53. The average Bonchev–Trinajstić information content (AvgIpc) is 1.97. The molecule has 0 atom stereocenters. The van der Waals surface area contributed by atoms with E-state index in [-0.39, 0.29) is 0 Å². The summed E-state index contributed by atoms with van der Waals surface area (Å²) >= 11 is 0. The van der Waals surface area contributed by atoms with Crippen LogP contribution < -0.4 is 0 Å². The largest absolute Gasteiger partial charge is 0.742 e. The predicted molar refractivity (Wildman–Crippen MR) is 31.2 cm³/mol. The maximum atomic E-state index is 11.5. The number of hydroxylamine groups is 1. The van der Waals surface area contributed by atoms with E-state index in [1.54, 1.807) is 0 Å². The molecule has 0 N–H and O–H groups in total. The second-order valence-corrected chi connectivity index (χ2v) is 3.73. The van der Waals surface area contributed by atoms with Crippen LogP contribution in [0.25, 0.3) is 0 Å². The molecule has 12 heteroatoms. The minimum atomic E-state index is -6.85. The molecular weight excluding hydrogens is 260 g/mol. The molecule has 15 heavy (non-hydrogen) atoms. The van der Waals surface area contributed by atoms with Crippen LogP contribution in [0.2, 0.25) is 0 Å². The number of sulfonamides is 1. The SMILES string of the molecule is O=C(N([O-])S(=O)(=O)C(F)(F)F)C(F)(F)F. The van der Waals surface area contributed by atoms with Gasteiger partial charge in [-0.15, -0.1) is 0 Å². The van der Waals surface area contributed by atoms with Crippen molar-refractivity contribution in [3.63, 3.8) is 0 Å². The fraction of sp³-hybridized carbons (Fsp3) is 0.667. The van der Waals surface area contributed by atoms with Crippen molar-refractivity contribution in [2.45, 2.75) is 11.7 Å². The van der Waals surface area contributed by atoms with Crippen LogP contribution in [0.15, 0.2) is 0 Å². The summed E-state index contributed by atoms with van der Waals surface area (Å²) in [5.74, 6) is -3.67. The van der Waals surface area contributed by atoms with Crippen molar-refractivity contribution in [1.82, 2.24) is 4.47 Å². The summed E-state index contributed by atoms with van der Waals surface area (Å²) in [7, 11) is -6.85. The first-order valence-corrected chi connectivity index (χ1v) is 4.15. The second-order valence-electron chi connectivity index (χ2n) is 1.98. The van der Waals surface area contributed by atoms with Gasteiger partial charge in [-0.05, 0) is 0 Å². The molecule has 0 bridgehead atoms. The number of rotatable bonds is 1. The Labute approximate surface area is 77.9 Å². The van der Waals surface area contributed by atoms with Gasteiger partial charge in [-0.2, -0.15) is 34.8 Å². The summed E-state index contributed by atoms with van der Waals surface area (Å²) in [5, 5.41) is 10.00. The van der Waals surface area contributed by atoms with E-state index < -0.39 is 32.1 Å². The first-order chi connectivity index (χ1) is 6.32. The van der Waals surface area contributed by atoms with Gasteiger partial charge in [0, 0.05) is 0 Å². The topological polar surface area (TPSA) is 77.5 Å². The molecule has 0 aliphatic heterocycles. The molecule has 0 spiro atoms. The standard InChI is InChI=1S/C3F6NO4S/c4-2(5,6)1(11)10(12)15(13,14)3(7,8)9/q-1. The molecule has 0 unspecified atom stereocenters. The third kappa shape index (κ3) is 2.71. The van der Waals surface area contributed by atoms with Gasteiger partial charge in [0.05, 0.1) is 0 Å². The molecular formula is C3F6NO4S-. The highest BCUT2D eigenvalue weighted by molar-refractivity contribution is 7.90. The Morgan fingerprint density at radius 2 is 1.40 bits per heavy atom. The van der Waals surface area contributed by atoms with E-state index in [2.05, 4.69) is 0 Å². The van der Waals surface area contributed by atoms with Crippen LogP contribution >= 0.6 is 0 Å². The maximum absolute atomic E-state index is 11.5. The molecule has 0 aliphatic rings. The number of nitrogens with zero attached hydrogens (tertiary/aromatic N) is 1. The number of hydrogen-bond acceptors (Lipinski definition) is 4. The van der Waals surface area contributed by atoms with E-state index in [1.807, 2.05) is 0 Å². The van der Waals surface area contributed by atoms with Crippen LogP contribution in [-0.2, 0) is 14.8 Å². The zero-order chi connectivity index (χ0) is 12.7. The Balaban J connectivity index is 5.23. The number of amides is 1. The van der Waals surface area contributed by atoms with Gasteiger partial charge in [0.1, 0.15) is 0 Å². The Morgan fingerprint density at radius 1 is 1.07 bits per heavy atom. The molecule has 5 nitrogen and oxygen atoms in total. The van der Waals surface area contributed by atoms with Gasteiger partial charge >= 0.3 is 27.6 Å². The fourth-order valence-electron chi connectivity index (χ4n) is 0.307. The molecule has 0 rings (SSSR count). The smallest absolute Gasteiger partial charge is 0.515 e. The molecule has 0 saturated heterocycles. The monoisotopic (exact) mass is 260 g/mol. The van der Waals surface area contributed by atoms with Crippen molar-refractivity contribution in [1.29, 1.82) is 0 Å². The Bertz CT molecular complexity index is 354. The van der Waals surface area contributed by atoms with Crippen molar-refractivity contribution < 1.29 is 39.6 Å². The highest BCUT2D eigenvalue weighted by atomic mass is 32.2. The van der Waals surface area contributed by atoms with Crippen LogP contribution in [0.3, 0.4) is 0 Å². The van der Waals surface area contributed by atoms with E-state index in [9.17, 15) is 44.8 Å². The van der Waals surface area contributed by atoms with Gasteiger partial charge in [0.15, 0.2) is 0 Å². The Hall–Kier alpha value is -1.04. The van der Waals surface area contributed by atoms with Gasteiger partial charge in [0.2, 0.25) is 0 Å². The summed E-state index contributed by atoms with van der Waals surface area (Å²) in [6, 6.07) is 0. The average molecular weight is 260 g/mol. The summed E-state index contributed by atoms with van der Waals surface area (Å²) in [4.78, 5) is 9.87. The number of carbonyl (C=O) groups excluding carboxylic acids is 1. The Kier molecular flexibility index (Phi) is 3.27. The van der Waals surface area contributed by atoms with Crippen molar-refractivity contribution in [2.24, 2.45) is 0 Å². The van der Waals surface area contributed by atoms with Gasteiger partial charge in [-0.1, -0.05) is 0 Å². The fourth-order valence-corrected chi connectivity index (χ4v) is 0.817. The summed E-state index contributed by atoms with van der Waals surface area (Å²) < 4.78 is 86.0. The van der Waals surface area contributed by atoms with Crippen molar-refractivity contribution >= 4 is 15.9 Å². The lowest BCUT2D eigenvalue weighted by molar-refractivity contribution is -0.178. The molecule has 90 valence electrons. The van der Waals surface area contributed by atoms with Crippen LogP contribution in [0.4, 0.5) is 26.3 Å². The number of halogens is 6. The molecule has 0 aromatic heterocycles. The quantitative estimate of drug-likeness (QED) is 0.514. The van der Waals surface area contributed by atoms with Crippen LogP contribution in [0.5, 0.6) is 0 Å². The first kappa shape index (κ1) is 14.0. The Morgan fingerprint density at radius 3 is 1.60 bits per heavy atom. The summed E-state index contributed by atoms with van der Waals surface area (Å²) in [6.07, 6.45) is -6.00. The third-order valence-corrected chi connectivity index (χ3v) is 2.11. The normalized spacial score (nSPS) is 13.8. The molecule has 0 aromatic carbocycles. The number of hydrogen-bond donors (Lipinski definition) is 0. The van der Waals surface area contributed by atoms with Gasteiger partial charge in [-0.25, -0.2) is 0 Å². The zero-order valence-electron chi connectivity index (χ0n) is 6.26. The van der Waals surface area contributed by atoms with Gasteiger partial charge in [0.25, 0.3) is 0 Å². The van der Waals surface area contributed by atoms with Crippen molar-refractivity contribution in [2.75, 3.05) is 0 Å². The van der Waals surface area contributed by atoms with E-state index in [0.29, 0.717) is 0 Å². The van der Waals surface area contributed by atoms with Gasteiger partial charge < -0.3 is 5.21 Å². The molecule has 1 amide bonds. The van der Waals surface area contributed by atoms with Crippen LogP contribution in [0, 0.1) is 5.21 Å². The third-order valence-electron chi connectivity index (χ3n) is 0.919. The minimum absolute atomic E-state index is 2.65. The first-order valence-electron chi connectivity index (χ1n) is 2.71. The van der Waals surface area contributed by atoms with E-state index in [1.165, 1.54) is 0 Å². The second kappa shape index (κ2) is 3.52. The lowest BCUT2D eigenvalue weighted by Crippen LogP contribution is -2.46. The van der Waals surface area contributed by atoms with Crippen LogP contribution in [-0.4, -0.2) is 30.5 Å². The molecule has 0 aliphatic carbocycles. The lowest BCUT2D eigenvalue weighted by Gasteiger charge is -2.28. The molecule has 0 aromatic rings. The number of alkyl halides is 6. The highest BCUT2D eigenvalue weighted by Crippen LogP contribution is 2.29.